The molecule has 0 radical (unpaired) electrons. The molecule has 0 amide bonds. The topological polar surface area (TPSA) is 26.3 Å². The first-order valence-electron chi connectivity index (χ1n) is 4.35. The lowest BCUT2D eigenvalue weighted by molar-refractivity contribution is -0.110. The van der Waals surface area contributed by atoms with Crippen molar-refractivity contribution in [2.45, 2.75) is 0 Å². The third-order valence-corrected chi connectivity index (χ3v) is 2.31. The molecule has 1 aromatic carbocycles. The molecule has 0 aliphatic carbocycles. The first-order valence-corrected chi connectivity index (χ1v) is 5.14. The molecule has 0 saturated carbocycles. The van der Waals surface area contributed by atoms with Crippen LogP contribution in [-0.2, 0) is 4.79 Å². The zero-order valence-corrected chi connectivity index (χ0v) is 9.95. The Morgan fingerprint density at radius 1 is 1.53 bits per heavy atom. The lowest BCUT2D eigenvalue weighted by Crippen LogP contribution is -1.88. The third kappa shape index (κ3) is 3.36. The lowest BCUT2D eigenvalue weighted by atomic mass is 10.1. The van der Waals surface area contributed by atoms with Gasteiger partial charge in [-0.25, -0.2) is 0 Å². The Hall–Kier alpha value is -1.35. The van der Waals surface area contributed by atoms with Crippen LogP contribution in [0.2, 0.25) is 0 Å². The summed E-state index contributed by atoms with van der Waals surface area (Å²) in [7, 11) is 1.59. The van der Waals surface area contributed by atoms with Gasteiger partial charge in [-0.05, 0) is 36.4 Å². The molecule has 0 aromatic heterocycles. The fourth-order valence-electron chi connectivity index (χ4n) is 1.08. The summed E-state index contributed by atoms with van der Waals surface area (Å²) in [6.07, 6.45) is 4.42. The van der Waals surface area contributed by atoms with Crippen LogP contribution in [0.5, 0.6) is 5.75 Å². The first kappa shape index (κ1) is 11.7. The average Bonchev–Trinajstić information content (AvgIpc) is 2.26. The summed E-state index contributed by atoms with van der Waals surface area (Å²) >= 11 is 3.36. The van der Waals surface area contributed by atoms with E-state index >= 15 is 0 Å². The summed E-state index contributed by atoms with van der Waals surface area (Å²) in [5, 5.41) is 0. The molecule has 0 N–H and O–H groups in total. The van der Waals surface area contributed by atoms with Crippen LogP contribution in [0, 0.1) is 0 Å². The van der Waals surface area contributed by atoms with Crippen LogP contribution in [0.3, 0.4) is 0 Å². The minimum atomic E-state index is -0.128. The van der Waals surface area contributed by atoms with Crippen molar-refractivity contribution in [1.82, 2.24) is 0 Å². The Balaban J connectivity index is 3.01. The molecule has 1 rings (SSSR count). The zero-order chi connectivity index (χ0) is 11.3. The Morgan fingerprint density at radius 3 is 2.87 bits per heavy atom. The number of carbonyl (C=O) groups excluding carboxylic acids is 1. The second-order valence-electron chi connectivity index (χ2n) is 2.83. The Kier molecular flexibility index (Phi) is 4.31. The molecule has 0 aliphatic rings. The van der Waals surface area contributed by atoms with Crippen molar-refractivity contribution in [2.75, 3.05) is 7.11 Å². The molecule has 2 nitrogen and oxygen atoms in total. The highest BCUT2D eigenvalue weighted by Crippen LogP contribution is 2.23. The van der Waals surface area contributed by atoms with Gasteiger partial charge in [0, 0.05) is 10.0 Å². The smallest absolute Gasteiger partial charge is 0.178 e. The summed E-state index contributed by atoms with van der Waals surface area (Å²) in [6.45, 7) is 3.39. The van der Waals surface area contributed by atoms with Crippen LogP contribution >= 0.6 is 15.9 Å². The van der Waals surface area contributed by atoms with E-state index in [9.17, 15) is 4.79 Å². The van der Waals surface area contributed by atoms with E-state index in [-0.39, 0.29) is 5.78 Å². The van der Waals surface area contributed by atoms with Gasteiger partial charge in [-0.15, -0.1) is 0 Å². The molecule has 0 spiro atoms. The molecule has 0 aliphatic heterocycles. The van der Waals surface area contributed by atoms with Gasteiger partial charge in [0.05, 0.1) is 7.11 Å². The van der Waals surface area contributed by atoms with Crippen molar-refractivity contribution in [2.24, 2.45) is 0 Å². The molecule has 78 valence electrons. The maximum absolute atomic E-state index is 11.0. The van der Waals surface area contributed by atoms with E-state index in [1.54, 1.807) is 13.2 Å². The van der Waals surface area contributed by atoms with Crippen LogP contribution in [0.4, 0.5) is 0 Å². The summed E-state index contributed by atoms with van der Waals surface area (Å²) < 4.78 is 6.10. The highest BCUT2D eigenvalue weighted by molar-refractivity contribution is 9.10. The standard InChI is InChI=1S/C12H11BrO2/c1-3-11(14)6-4-9-8-10(13)5-7-12(9)15-2/h3-8H,1H2,2H3/b6-4+. The van der Waals surface area contributed by atoms with Crippen LogP contribution in [0.25, 0.3) is 6.08 Å². The maximum Gasteiger partial charge on any atom is 0.178 e. The van der Waals surface area contributed by atoms with E-state index in [2.05, 4.69) is 22.5 Å². The Morgan fingerprint density at radius 2 is 2.27 bits per heavy atom. The number of methoxy groups -OCH3 is 1. The highest BCUT2D eigenvalue weighted by atomic mass is 79.9. The van der Waals surface area contributed by atoms with E-state index in [4.69, 9.17) is 4.74 Å². The van der Waals surface area contributed by atoms with E-state index in [1.165, 1.54) is 12.2 Å². The SMILES string of the molecule is C=CC(=O)/C=C/c1cc(Br)ccc1OC. The van der Waals surface area contributed by atoms with Crippen LogP contribution < -0.4 is 4.74 Å². The predicted octanol–water partition coefficient (Wildman–Crippen LogP) is 3.23. The summed E-state index contributed by atoms with van der Waals surface area (Å²) in [4.78, 5) is 11.0. The molecule has 0 bridgehead atoms. The molecule has 0 unspecified atom stereocenters. The van der Waals surface area contributed by atoms with Crippen molar-refractivity contribution in [1.29, 1.82) is 0 Å². The van der Waals surface area contributed by atoms with Crippen molar-refractivity contribution < 1.29 is 9.53 Å². The van der Waals surface area contributed by atoms with E-state index in [0.717, 1.165) is 15.8 Å². The number of benzene rings is 1. The molecule has 3 heteroatoms. The molecule has 0 fully saturated rings. The van der Waals surface area contributed by atoms with Crippen molar-refractivity contribution in [3.63, 3.8) is 0 Å². The zero-order valence-electron chi connectivity index (χ0n) is 8.37. The van der Waals surface area contributed by atoms with Crippen molar-refractivity contribution >= 4 is 27.8 Å². The van der Waals surface area contributed by atoms with Gasteiger partial charge in [-0.1, -0.05) is 22.5 Å². The normalized spacial score (nSPS) is 10.3. The van der Waals surface area contributed by atoms with Crippen LogP contribution in [0.15, 0.2) is 41.4 Å². The number of rotatable bonds is 4. The van der Waals surface area contributed by atoms with Crippen molar-refractivity contribution in [3.05, 3.63) is 47.0 Å². The maximum atomic E-state index is 11.0. The molecule has 15 heavy (non-hydrogen) atoms. The largest absolute Gasteiger partial charge is 0.496 e. The van der Waals surface area contributed by atoms with Crippen molar-refractivity contribution in [3.8, 4) is 5.75 Å². The van der Waals surface area contributed by atoms with Gasteiger partial charge in [0.2, 0.25) is 0 Å². The lowest BCUT2D eigenvalue weighted by Gasteiger charge is -2.04. The number of halogens is 1. The second-order valence-corrected chi connectivity index (χ2v) is 3.74. The van der Waals surface area contributed by atoms with E-state index < -0.39 is 0 Å². The van der Waals surface area contributed by atoms with Crippen LogP contribution in [-0.4, -0.2) is 12.9 Å². The number of ether oxygens (including phenoxy) is 1. The Bertz CT molecular complexity index is 408. The molecule has 0 saturated heterocycles. The Labute approximate surface area is 97.4 Å². The monoisotopic (exact) mass is 266 g/mol. The van der Waals surface area contributed by atoms with Gasteiger partial charge in [0.15, 0.2) is 5.78 Å². The average molecular weight is 267 g/mol. The number of hydrogen-bond acceptors (Lipinski definition) is 2. The van der Waals surface area contributed by atoms with E-state index in [1.807, 2.05) is 18.2 Å². The van der Waals surface area contributed by atoms with Gasteiger partial charge >= 0.3 is 0 Å². The number of carbonyl (C=O) groups is 1. The fraction of sp³-hybridized carbons (Fsp3) is 0.0833. The minimum absolute atomic E-state index is 0.128. The summed E-state index contributed by atoms with van der Waals surface area (Å²) in [5.74, 6) is 0.600. The highest BCUT2D eigenvalue weighted by Gasteiger charge is 2.00. The van der Waals surface area contributed by atoms with Gasteiger partial charge in [0.1, 0.15) is 5.75 Å². The molecular formula is C12H11BrO2. The minimum Gasteiger partial charge on any atom is -0.496 e. The number of ketones is 1. The van der Waals surface area contributed by atoms with E-state index in [0.29, 0.717) is 0 Å². The number of hydrogen-bond donors (Lipinski definition) is 0. The summed E-state index contributed by atoms with van der Waals surface area (Å²) in [6, 6.07) is 5.60. The summed E-state index contributed by atoms with van der Waals surface area (Å²) in [5.41, 5.74) is 0.849. The molecular weight excluding hydrogens is 256 g/mol. The second kappa shape index (κ2) is 5.51. The number of allylic oxidation sites excluding steroid dienone is 2. The van der Waals surface area contributed by atoms with Gasteiger partial charge in [-0.2, -0.15) is 0 Å². The third-order valence-electron chi connectivity index (χ3n) is 1.82. The first-order chi connectivity index (χ1) is 7.17. The fourth-order valence-corrected chi connectivity index (χ4v) is 1.45. The van der Waals surface area contributed by atoms with Crippen LogP contribution in [0.1, 0.15) is 5.56 Å². The van der Waals surface area contributed by atoms with Gasteiger partial charge < -0.3 is 4.74 Å². The molecule has 1 aromatic rings. The van der Waals surface area contributed by atoms with Gasteiger partial charge in [0.25, 0.3) is 0 Å². The quantitative estimate of drug-likeness (QED) is 0.783. The molecule has 0 heterocycles. The molecule has 0 atom stereocenters. The predicted molar refractivity (Wildman–Crippen MR) is 64.9 cm³/mol. The van der Waals surface area contributed by atoms with Gasteiger partial charge in [-0.3, -0.25) is 4.79 Å².